The summed E-state index contributed by atoms with van der Waals surface area (Å²) in [6.45, 7) is 8.51. The third kappa shape index (κ3) is 3.53. The van der Waals surface area contributed by atoms with Gasteiger partial charge in [-0.25, -0.2) is 9.67 Å². The van der Waals surface area contributed by atoms with Crippen molar-refractivity contribution in [2.24, 2.45) is 5.92 Å². The molecule has 1 fully saturated rings. The molecular weight excluding hydrogens is 226 g/mol. The van der Waals surface area contributed by atoms with E-state index in [0.717, 1.165) is 32.0 Å². The van der Waals surface area contributed by atoms with E-state index in [2.05, 4.69) is 41.2 Å². The number of hydrogen-bond acceptors (Lipinski definition) is 4. The molecule has 1 atom stereocenters. The Morgan fingerprint density at radius 2 is 2.39 bits per heavy atom. The van der Waals surface area contributed by atoms with E-state index in [1.54, 1.807) is 6.33 Å². The quantitative estimate of drug-likeness (QED) is 0.852. The third-order valence-corrected chi connectivity index (χ3v) is 3.52. The van der Waals surface area contributed by atoms with Gasteiger partial charge in [0.2, 0.25) is 0 Å². The highest BCUT2D eigenvalue weighted by Crippen LogP contribution is 2.11. The molecule has 0 radical (unpaired) electrons. The van der Waals surface area contributed by atoms with Gasteiger partial charge in [0.05, 0.1) is 6.54 Å². The lowest BCUT2D eigenvalue weighted by molar-refractivity contribution is 0.188. The minimum atomic E-state index is 0.604. The summed E-state index contributed by atoms with van der Waals surface area (Å²) in [5.41, 5.74) is 0. The fraction of sp³-hybridized carbons (Fsp3) is 0.846. The number of rotatable bonds is 5. The van der Waals surface area contributed by atoms with E-state index in [1.807, 2.05) is 4.68 Å². The van der Waals surface area contributed by atoms with Gasteiger partial charge < -0.3 is 5.32 Å². The Balaban J connectivity index is 1.93. The van der Waals surface area contributed by atoms with Gasteiger partial charge in [0.25, 0.3) is 0 Å². The van der Waals surface area contributed by atoms with Crippen molar-refractivity contribution >= 4 is 0 Å². The molecule has 0 bridgehead atoms. The Bertz CT molecular complexity index is 354. The summed E-state index contributed by atoms with van der Waals surface area (Å²) in [5.74, 6) is 1.68. The first-order chi connectivity index (χ1) is 8.66. The van der Waals surface area contributed by atoms with Crippen molar-refractivity contribution in [3.63, 3.8) is 0 Å². The summed E-state index contributed by atoms with van der Waals surface area (Å²) < 4.78 is 2.04. The third-order valence-electron chi connectivity index (χ3n) is 3.52. The van der Waals surface area contributed by atoms with Crippen LogP contribution in [0.3, 0.4) is 0 Å². The van der Waals surface area contributed by atoms with Gasteiger partial charge >= 0.3 is 0 Å². The second-order valence-corrected chi connectivity index (χ2v) is 5.67. The first kappa shape index (κ1) is 13.5. The van der Waals surface area contributed by atoms with Gasteiger partial charge in [-0.3, -0.25) is 4.90 Å². The normalized spacial score (nSPS) is 20.8. The fourth-order valence-electron chi connectivity index (χ4n) is 2.47. The van der Waals surface area contributed by atoms with Crippen molar-refractivity contribution < 1.29 is 0 Å². The zero-order valence-corrected chi connectivity index (χ0v) is 11.8. The highest BCUT2D eigenvalue weighted by molar-refractivity contribution is 4.87. The molecule has 1 aliphatic heterocycles. The summed E-state index contributed by atoms with van der Waals surface area (Å²) in [5, 5.41) is 7.78. The molecular formula is C13H25N5. The van der Waals surface area contributed by atoms with E-state index in [1.165, 1.54) is 12.8 Å². The van der Waals surface area contributed by atoms with Crippen molar-refractivity contribution in [1.82, 2.24) is 25.0 Å². The predicted molar refractivity (Wildman–Crippen MR) is 72.2 cm³/mol. The van der Waals surface area contributed by atoms with E-state index >= 15 is 0 Å². The van der Waals surface area contributed by atoms with Crippen molar-refractivity contribution in [3.05, 3.63) is 12.2 Å². The highest BCUT2D eigenvalue weighted by Gasteiger charge is 2.19. The second-order valence-electron chi connectivity index (χ2n) is 5.67. The van der Waals surface area contributed by atoms with Crippen LogP contribution in [0.2, 0.25) is 0 Å². The molecule has 2 heterocycles. The molecule has 1 unspecified atom stereocenters. The lowest BCUT2D eigenvalue weighted by Gasteiger charge is -2.31. The molecule has 102 valence electrons. The van der Waals surface area contributed by atoms with Crippen LogP contribution in [-0.2, 0) is 13.1 Å². The van der Waals surface area contributed by atoms with Crippen LogP contribution in [0.15, 0.2) is 6.33 Å². The molecule has 1 aromatic heterocycles. The zero-order chi connectivity index (χ0) is 13.0. The van der Waals surface area contributed by atoms with Gasteiger partial charge in [0.1, 0.15) is 12.2 Å². The van der Waals surface area contributed by atoms with Crippen LogP contribution in [0, 0.1) is 5.92 Å². The minimum Gasteiger partial charge on any atom is -0.315 e. The highest BCUT2D eigenvalue weighted by atomic mass is 15.3. The maximum Gasteiger partial charge on any atom is 0.141 e. The topological polar surface area (TPSA) is 46.0 Å². The fourth-order valence-corrected chi connectivity index (χ4v) is 2.47. The number of aromatic nitrogens is 3. The van der Waals surface area contributed by atoms with Crippen molar-refractivity contribution in [2.45, 2.75) is 45.8 Å². The van der Waals surface area contributed by atoms with Crippen LogP contribution in [0.5, 0.6) is 0 Å². The van der Waals surface area contributed by atoms with Crippen LogP contribution in [-0.4, -0.2) is 45.8 Å². The molecule has 5 nitrogen and oxygen atoms in total. The Morgan fingerprint density at radius 1 is 1.56 bits per heavy atom. The first-order valence-electron chi connectivity index (χ1n) is 6.94. The summed E-state index contributed by atoms with van der Waals surface area (Å²) >= 11 is 0. The molecule has 5 heteroatoms. The van der Waals surface area contributed by atoms with Gasteiger partial charge in [0, 0.05) is 19.1 Å². The van der Waals surface area contributed by atoms with E-state index in [0.29, 0.717) is 12.0 Å². The molecule has 0 aliphatic carbocycles. The molecule has 0 amide bonds. The SMILES string of the molecule is CC(C)Cn1ncnc1CN(C)C1CCCNC1. The number of nitrogens with zero attached hydrogens (tertiary/aromatic N) is 4. The van der Waals surface area contributed by atoms with Crippen LogP contribution in [0.1, 0.15) is 32.5 Å². The Kier molecular flexibility index (Phi) is 4.72. The van der Waals surface area contributed by atoms with Gasteiger partial charge in [-0.1, -0.05) is 13.8 Å². The van der Waals surface area contributed by atoms with Crippen molar-refractivity contribution in [1.29, 1.82) is 0 Å². The summed E-state index contributed by atoms with van der Waals surface area (Å²) in [6, 6.07) is 0.628. The molecule has 1 saturated heterocycles. The second kappa shape index (κ2) is 6.29. The van der Waals surface area contributed by atoms with E-state index in [4.69, 9.17) is 0 Å². The van der Waals surface area contributed by atoms with Crippen molar-refractivity contribution in [2.75, 3.05) is 20.1 Å². The number of hydrogen-bond donors (Lipinski definition) is 1. The number of nitrogens with one attached hydrogen (secondary N) is 1. The van der Waals surface area contributed by atoms with Gasteiger partial charge in [-0.15, -0.1) is 0 Å². The molecule has 1 N–H and O–H groups in total. The maximum absolute atomic E-state index is 4.39. The molecule has 0 saturated carbocycles. The first-order valence-corrected chi connectivity index (χ1v) is 6.94. The molecule has 0 spiro atoms. The monoisotopic (exact) mass is 251 g/mol. The predicted octanol–water partition coefficient (Wildman–Crippen LogP) is 1.12. The summed E-state index contributed by atoms with van der Waals surface area (Å²) in [7, 11) is 2.19. The van der Waals surface area contributed by atoms with Gasteiger partial charge in [0.15, 0.2) is 0 Å². The summed E-state index contributed by atoms with van der Waals surface area (Å²) in [6.07, 6.45) is 4.22. The number of piperidine rings is 1. The van der Waals surface area contributed by atoms with Crippen LogP contribution >= 0.6 is 0 Å². The smallest absolute Gasteiger partial charge is 0.141 e. The number of likely N-dealkylation sites (N-methyl/N-ethyl adjacent to an activating group) is 1. The maximum atomic E-state index is 4.39. The molecule has 1 aromatic rings. The molecule has 1 aliphatic rings. The Labute approximate surface area is 110 Å². The van der Waals surface area contributed by atoms with E-state index < -0.39 is 0 Å². The average molecular weight is 251 g/mol. The lowest BCUT2D eigenvalue weighted by atomic mass is 10.1. The largest absolute Gasteiger partial charge is 0.315 e. The van der Waals surface area contributed by atoms with E-state index in [9.17, 15) is 0 Å². The lowest BCUT2D eigenvalue weighted by Crippen LogP contribution is -2.44. The standard InChI is InChI=1S/C13H25N5/c1-11(2)8-18-13(15-10-16-18)9-17(3)12-5-4-6-14-7-12/h10-12,14H,4-9H2,1-3H3. The Hall–Kier alpha value is -0.940. The Morgan fingerprint density at radius 3 is 3.06 bits per heavy atom. The minimum absolute atomic E-state index is 0.604. The molecule has 2 rings (SSSR count). The van der Waals surface area contributed by atoms with Crippen LogP contribution in [0.25, 0.3) is 0 Å². The average Bonchev–Trinajstić information content (AvgIpc) is 2.77. The van der Waals surface area contributed by atoms with Gasteiger partial charge in [-0.2, -0.15) is 5.10 Å². The summed E-state index contributed by atoms with van der Waals surface area (Å²) in [4.78, 5) is 6.79. The molecule has 0 aromatic carbocycles. The van der Waals surface area contributed by atoms with Crippen LogP contribution in [0.4, 0.5) is 0 Å². The van der Waals surface area contributed by atoms with Crippen LogP contribution < -0.4 is 5.32 Å². The van der Waals surface area contributed by atoms with Crippen molar-refractivity contribution in [3.8, 4) is 0 Å². The van der Waals surface area contributed by atoms with E-state index in [-0.39, 0.29) is 0 Å². The van der Waals surface area contributed by atoms with Gasteiger partial charge in [-0.05, 0) is 32.4 Å². The zero-order valence-electron chi connectivity index (χ0n) is 11.8. The molecule has 18 heavy (non-hydrogen) atoms.